The van der Waals surface area contributed by atoms with Crippen LogP contribution in [-0.2, 0) is 14.3 Å². The lowest BCUT2D eigenvalue weighted by Crippen LogP contribution is -2.50. The lowest BCUT2D eigenvalue weighted by atomic mass is 10.3. The van der Waals surface area contributed by atoms with Gasteiger partial charge >= 0.3 is 18.1 Å². The highest BCUT2D eigenvalue weighted by molar-refractivity contribution is 5.81. The monoisotopic (exact) mass is 301 g/mol. The summed E-state index contributed by atoms with van der Waals surface area (Å²) in [6, 6.07) is -0.667. The molecule has 0 fully saturated rings. The van der Waals surface area contributed by atoms with Crippen LogP contribution in [0.1, 0.15) is 13.8 Å². The predicted molar refractivity (Wildman–Crippen MR) is 70.7 cm³/mol. The average molecular weight is 301 g/mol. The van der Waals surface area contributed by atoms with Gasteiger partial charge in [-0.3, -0.25) is 0 Å². The summed E-state index contributed by atoms with van der Waals surface area (Å²) in [5.74, 6) is -0.822. The lowest BCUT2D eigenvalue weighted by Gasteiger charge is -2.26. The summed E-state index contributed by atoms with van der Waals surface area (Å²) in [4.78, 5) is 34.7. The summed E-state index contributed by atoms with van der Waals surface area (Å²) in [5.41, 5.74) is 0. The molecule has 0 saturated carbocycles. The Balaban J connectivity index is 2.49. The number of hydrogen-bond acceptors (Lipinski definition) is 6. The van der Waals surface area contributed by atoms with Gasteiger partial charge in [-0.2, -0.15) is 0 Å². The molecular formula is C12H19N3O6. The molecule has 21 heavy (non-hydrogen) atoms. The van der Waals surface area contributed by atoms with Gasteiger partial charge in [0.2, 0.25) is 0 Å². The number of rotatable bonds is 5. The van der Waals surface area contributed by atoms with Crippen LogP contribution in [0.25, 0.3) is 0 Å². The van der Waals surface area contributed by atoms with E-state index in [-0.39, 0.29) is 26.3 Å². The summed E-state index contributed by atoms with van der Waals surface area (Å²) in [6.07, 6.45) is 0.862. The number of nitrogens with one attached hydrogen (secondary N) is 1. The SMILES string of the molecule is CCOC(=O)C(O)CNC(=O)N1C=CCN1C(=O)OCC. The lowest BCUT2D eigenvalue weighted by molar-refractivity contribution is -0.152. The molecule has 0 aromatic heterocycles. The zero-order chi connectivity index (χ0) is 15.8. The molecule has 0 bridgehead atoms. The van der Waals surface area contributed by atoms with E-state index in [9.17, 15) is 19.5 Å². The van der Waals surface area contributed by atoms with Crippen molar-refractivity contribution in [2.45, 2.75) is 20.0 Å². The van der Waals surface area contributed by atoms with Gasteiger partial charge in [0, 0.05) is 6.20 Å². The number of ether oxygens (including phenoxy) is 2. The maximum absolute atomic E-state index is 11.9. The van der Waals surface area contributed by atoms with E-state index < -0.39 is 24.2 Å². The van der Waals surface area contributed by atoms with E-state index >= 15 is 0 Å². The normalized spacial score (nSPS) is 14.8. The minimum absolute atomic E-state index is 0.134. The van der Waals surface area contributed by atoms with Crippen LogP contribution in [0.3, 0.4) is 0 Å². The molecule has 9 nitrogen and oxygen atoms in total. The number of nitrogens with zero attached hydrogens (tertiary/aromatic N) is 2. The highest BCUT2D eigenvalue weighted by Crippen LogP contribution is 2.10. The van der Waals surface area contributed by atoms with Crippen molar-refractivity contribution in [3.63, 3.8) is 0 Å². The summed E-state index contributed by atoms with van der Waals surface area (Å²) < 4.78 is 9.40. The predicted octanol–water partition coefficient (Wildman–Crippen LogP) is -0.177. The standard InChI is InChI=1S/C12H19N3O6/c1-3-20-10(17)9(16)8-13-11(18)14-6-5-7-15(14)12(19)21-4-2/h5-6,9,16H,3-4,7-8H2,1-2H3,(H,13,18). The quantitative estimate of drug-likeness (QED) is 0.682. The molecule has 1 rings (SSSR count). The second-order valence-electron chi connectivity index (χ2n) is 3.96. The van der Waals surface area contributed by atoms with Crippen molar-refractivity contribution in [1.29, 1.82) is 0 Å². The first kappa shape index (κ1) is 16.8. The van der Waals surface area contributed by atoms with E-state index in [1.165, 1.54) is 6.20 Å². The Hall–Kier alpha value is -2.29. The van der Waals surface area contributed by atoms with Crippen LogP contribution in [0.5, 0.6) is 0 Å². The van der Waals surface area contributed by atoms with Gasteiger partial charge in [0.25, 0.3) is 0 Å². The largest absolute Gasteiger partial charge is 0.464 e. The average Bonchev–Trinajstić information content (AvgIpc) is 2.94. The Labute approximate surface area is 122 Å². The first-order chi connectivity index (χ1) is 10.0. The van der Waals surface area contributed by atoms with Crippen LogP contribution in [0.15, 0.2) is 12.3 Å². The van der Waals surface area contributed by atoms with Crippen molar-refractivity contribution in [1.82, 2.24) is 15.3 Å². The topological polar surface area (TPSA) is 108 Å². The smallest absolute Gasteiger partial charge is 0.429 e. The van der Waals surface area contributed by atoms with E-state index in [2.05, 4.69) is 10.1 Å². The second-order valence-corrected chi connectivity index (χ2v) is 3.96. The summed E-state index contributed by atoms with van der Waals surface area (Å²) >= 11 is 0. The third-order valence-electron chi connectivity index (χ3n) is 2.48. The first-order valence-corrected chi connectivity index (χ1v) is 6.53. The van der Waals surface area contributed by atoms with E-state index in [4.69, 9.17) is 4.74 Å². The molecule has 118 valence electrons. The molecule has 0 spiro atoms. The summed E-state index contributed by atoms with van der Waals surface area (Å²) in [5, 5.41) is 13.9. The van der Waals surface area contributed by atoms with Crippen LogP contribution in [-0.4, -0.2) is 65.6 Å². The van der Waals surface area contributed by atoms with Crippen LogP contribution >= 0.6 is 0 Å². The van der Waals surface area contributed by atoms with E-state index in [1.807, 2.05) is 0 Å². The van der Waals surface area contributed by atoms with Gasteiger partial charge < -0.3 is 19.9 Å². The Kier molecular flexibility index (Phi) is 6.47. The number of carbonyl (C=O) groups is 3. The number of hydrogen-bond donors (Lipinski definition) is 2. The van der Waals surface area contributed by atoms with Crippen molar-refractivity contribution in [2.75, 3.05) is 26.3 Å². The van der Waals surface area contributed by atoms with Gasteiger partial charge in [-0.05, 0) is 19.9 Å². The Morgan fingerprint density at radius 3 is 2.57 bits per heavy atom. The third-order valence-corrected chi connectivity index (χ3v) is 2.48. The van der Waals surface area contributed by atoms with Gasteiger partial charge in [0.1, 0.15) is 0 Å². The number of hydrazine groups is 1. The molecule has 1 unspecified atom stereocenters. The van der Waals surface area contributed by atoms with E-state index in [0.29, 0.717) is 0 Å². The number of esters is 1. The van der Waals surface area contributed by atoms with Crippen LogP contribution in [0.2, 0.25) is 0 Å². The molecule has 1 atom stereocenters. The molecule has 0 aliphatic carbocycles. The molecule has 0 radical (unpaired) electrons. The maximum atomic E-state index is 11.9. The van der Waals surface area contributed by atoms with Crippen molar-refractivity contribution < 1.29 is 29.0 Å². The highest BCUT2D eigenvalue weighted by atomic mass is 16.6. The number of carbonyl (C=O) groups excluding carboxylic acids is 3. The zero-order valence-electron chi connectivity index (χ0n) is 11.9. The van der Waals surface area contributed by atoms with E-state index in [1.54, 1.807) is 19.9 Å². The molecule has 1 aliphatic rings. The third kappa shape index (κ3) is 4.63. The summed E-state index contributed by atoms with van der Waals surface area (Å²) in [6.45, 7) is 3.46. The Morgan fingerprint density at radius 1 is 1.29 bits per heavy atom. The molecule has 1 heterocycles. The van der Waals surface area contributed by atoms with Gasteiger partial charge in [0.05, 0.1) is 26.3 Å². The zero-order valence-corrected chi connectivity index (χ0v) is 11.9. The van der Waals surface area contributed by atoms with Crippen molar-refractivity contribution in [3.05, 3.63) is 12.3 Å². The Morgan fingerprint density at radius 2 is 1.95 bits per heavy atom. The van der Waals surface area contributed by atoms with Gasteiger partial charge in [-0.15, -0.1) is 0 Å². The van der Waals surface area contributed by atoms with Crippen molar-refractivity contribution in [3.8, 4) is 0 Å². The van der Waals surface area contributed by atoms with Gasteiger partial charge in [0.15, 0.2) is 6.10 Å². The van der Waals surface area contributed by atoms with Crippen LogP contribution in [0.4, 0.5) is 9.59 Å². The number of aliphatic hydroxyl groups excluding tert-OH is 1. The second kappa shape index (κ2) is 8.10. The molecule has 9 heteroatoms. The number of urea groups is 1. The molecule has 0 aromatic carbocycles. The summed E-state index contributed by atoms with van der Waals surface area (Å²) in [7, 11) is 0. The van der Waals surface area contributed by atoms with Crippen molar-refractivity contribution >= 4 is 18.1 Å². The minimum Gasteiger partial charge on any atom is -0.464 e. The minimum atomic E-state index is -1.46. The number of aliphatic hydroxyl groups is 1. The maximum Gasteiger partial charge on any atom is 0.429 e. The van der Waals surface area contributed by atoms with Gasteiger partial charge in [-0.25, -0.2) is 24.4 Å². The molecule has 3 amide bonds. The Bertz CT molecular complexity index is 425. The fraction of sp³-hybridized carbons (Fsp3) is 0.583. The molecule has 0 aromatic rings. The fourth-order valence-electron chi connectivity index (χ4n) is 1.54. The highest BCUT2D eigenvalue weighted by Gasteiger charge is 2.29. The van der Waals surface area contributed by atoms with Crippen molar-refractivity contribution in [2.24, 2.45) is 0 Å². The van der Waals surface area contributed by atoms with Crippen LogP contribution < -0.4 is 5.32 Å². The van der Waals surface area contributed by atoms with Crippen LogP contribution in [0, 0.1) is 0 Å². The number of amides is 3. The first-order valence-electron chi connectivity index (χ1n) is 6.53. The molecule has 1 aliphatic heterocycles. The van der Waals surface area contributed by atoms with E-state index in [0.717, 1.165) is 10.0 Å². The molecule has 0 saturated heterocycles. The molecular weight excluding hydrogens is 282 g/mol. The fourth-order valence-corrected chi connectivity index (χ4v) is 1.54. The molecule has 2 N–H and O–H groups in total. The van der Waals surface area contributed by atoms with Gasteiger partial charge in [-0.1, -0.05) is 0 Å².